The van der Waals surface area contributed by atoms with E-state index in [0.717, 1.165) is 10.5 Å². The molecule has 140 valence electrons. The van der Waals surface area contributed by atoms with Gasteiger partial charge in [-0.15, -0.1) is 0 Å². The Labute approximate surface area is 155 Å². The van der Waals surface area contributed by atoms with Crippen LogP contribution in [0, 0.1) is 5.82 Å². The summed E-state index contributed by atoms with van der Waals surface area (Å²) in [5.74, 6) is -1.47. The molecule has 0 saturated carbocycles. The highest BCUT2D eigenvalue weighted by atomic mass is 19.1. The van der Waals surface area contributed by atoms with Crippen molar-refractivity contribution < 1.29 is 18.8 Å². The predicted molar refractivity (Wildman–Crippen MR) is 94.8 cm³/mol. The van der Waals surface area contributed by atoms with Crippen molar-refractivity contribution in [2.75, 3.05) is 6.54 Å². The van der Waals surface area contributed by atoms with Crippen molar-refractivity contribution in [1.29, 1.82) is 0 Å². The third-order valence-corrected chi connectivity index (χ3v) is 4.58. The molecule has 2 atom stereocenters. The van der Waals surface area contributed by atoms with Crippen LogP contribution in [0.5, 0.6) is 0 Å². The smallest absolute Gasteiger partial charge is 0.325 e. The predicted octanol–water partition coefficient (Wildman–Crippen LogP) is 1.87. The van der Waals surface area contributed by atoms with Crippen molar-refractivity contribution in [3.63, 3.8) is 0 Å². The molecule has 27 heavy (non-hydrogen) atoms. The van der Waals surface area contributed by atoms with E-state index in [1.54, 1.807) is 31.5 Å². The molecule has 0 spiro atoms. The molecule has 1 aliphatic rings. The summed E-state index contributed by atoms with van der Waals surface area (Å²) in [4.78, 5) is 42.1. The fraction of sp³-hybridized carbons (Fsp3) is 0.263. The minimum absolute atomic E-state index is 0.301. The number of rotatable bonds is 5. The van der Waals surface area contributed by atoms with Crippen LogP contribution in [0.25, 0.3) is 0 Å². The summed E-state index contributed by atoms with van der Waals surface area (Å²) < 4.78 is 13.1. The zero-order valence-electron chi connectivity index (χ0n) is 14.9. The van der Waals surface area contributed by atoms with Crippen LogP contribution in [0.4, 0.5) is 9.18 Å². The van der Waals surface area contributed by atoms with Gasteiger partial charge in [0.15, 0.2) is 0 Å². The van der Waals surface area contributed by atoms with Crippen molar-refractivity contribution in [3.8, 4) is 0 Å². The molecular formula is C19H19FN4O3. The van der Waals surface area contributed by atoms with Crippen LogP contribution in [-0.4, -0.2) is 34.3 Å². The molecule has 1 fully saturated rings. The number of aromatic nitrogens is 1. The van der Waals surface area contributed by atoms with Crippen molar-refractivity contribution in [2.24, 2.45) is 0 Å². The number of pyridine rings is 1. The van der Waals surface area contributed by atoms with Crippen LogP contribution in [0.15, 0.2) is 48.8 Å². The van der Waals surface area contributed by atoms with Gasteiger partial charge in [-0.2, -0.15) is 0 Å². The number of carbonyl (C=O) groups excluding carboxylic acids is 3. The number of hydrogen-bond acceptors (Lipinski definition) is 4. The molecule has 3 rings (SSSR count). The normalized spacial score (nSPS) is 20.3. The van der Waals surface area contributed by atoms with Gasteiger partial charge in [-0.1, -0.05) is 12.1 Å². The summed E-state index contributed by atoms with van der Waals surface area (Å²) >= 11 is 0. The Balaban J connectivity index is 1.70. The zero-order chi connectivity index (χ0) is 19.6. The van der Waals surface area contributed by atoms with E-state index >= 15 is 0 Å². The molecule has 1 aromatic carbocycles. The molecule has 0 radical (unpaired) electrons. The highest BCUT2D eigenvalue weighted by Crippen LogP contribution is 2.28. The minimum Gasteiger partial charge on any atom is -0.348 e. The zero-order valence-corrected chi connectivity index (χ0v) is 14.9. The van der Waals surface area contributed by atoms with Gasteiger partial charge in [-0.3, -0.25) is 19.5 Å². The van der Waals surface area contributed by atoms with Crippen molar-refractivity contribution in [2.45, 2.75) is 25.4 Å². The Bertz CT molecular complexity index is 872. The van der Waals surface area contributed by atoms with E-state index in [4.69, 9.17) is 0 Å². The number of imide groups is 1. The fourth-order valence-electron chi connectivity index (χ4n) is 2.99. The lowest BCUT2D eigenvalue weighted by Crippen LogP contribution is -2.43. The second-order valence-corrected chi connectivity index (χ2v) is 6.52. The molecule has 1 aromatic heterocycles. The lowest BCUT2D eigenvalue weighted by Gasteiger charge is -2.22. The molecule has 0 bridgehead atoms. The lowest BCUT2D eigenvalue weighted by atomic mass is 9.92. The summed E-state index contributed by atoms with van der Waals surface area (Å²) in [6.07, 6.45) is 3.23. The van der Waals surface area contributed by atoms with Gasteiger partial charge in [0.1, 0.15) is 17.9 Å². The molecule has 2 aromatic rings. The molecule has 2 unspecified atom stereocenters. The fourth-order valence-corrected chi connectivity index (χ4v) is 2.99. The Morgan fingerprint density at radius 2 is 1.85 bits per heavy atom. The summed E-state index contributed by atoms with van der Waals surface area (Å²) in [7, 11) is 0. The molecule has 1 saturated heterocycles. The van der Waals surface area contributed by atoms with E-state index < -0.39 is 35.7 Å². The number of nitrogens with zero attached hydrogens (tertiary/aromatic N) is 2. The Kier molecular flexibility index (Phi) is 4.89. The summed E-state index contributed by atoms with van der Waals surface area (Å²) in [5.41, 5.74) is -0.0519. The summed E-state index contributed by atoms with van der Waals surface area (Å²) in [6, 6.07) is 7.86. The van der Waals surface area contributed by atoms with Crippen LogP contribution >= 0.6 is 0 Å². The van der Waals surface area contributed by atoms with E-state index in [1.165, 1.54) is 31.2 Å². The number of carbonyl (C=O) groups is 3. The number of halogens is 1. The van der Waals surface area contributed by atoms with Crippen molar-refractivity contribution in [1.82, 2.24) is 20.5 Å². The van der Waals surface area contributed by atoms with Gasteiger partial charge in [-0.05, 0) is 49.2 Å². The third-order valence-electron chi connectivity index (χ3n) is 4.58. The number of urea groups is 1. The minimum atomic E-state index is -1.35. The molecule has 8 heteroatoms. The Hall–Kier alpha value is -3.29. The van der Waals surface area contributed by atoms with E-state index in [-0.39, 0.29) is 6.04 Å². The average molecular weight is 370 g/mol. The van der Waals surface area contributed by atoms with Gasteiger partial charge in [0, 0.05) is 12.4 Å². The maximum atomic E-state index is 13.1. The maximum Gasteiger partial charge on any atom is 0.325 e. The van der Waals surface area contributed by atoms with Crippen molar-refractivity contribution in [3.05, 3.63) is 65.7 Å². The molecule has 2 heterocycles. The maximum absolute atomic E-state index is 13.1. The number of amides is 4. The first-order valence-electron chi connectivity index (χ1n) is 8.40. The number of nitrogens with one attached hydrogen (secondary N) is 2. The summed E-state index contributed by atoms with van der Waals surface area (Å²) in [6.45, 7) is 2.91. The van der Waals surface area contributed by atoms with Gasteiger partial charge < -0.3 is 10.6 Å². The van der Waals surface area contributed by atoms with Gasteiger partial charge in [0.05, 0.1) is 6.04 Å². The number of benzene rings is 1. The van der Waals surface area contributed by atoms with Crippen molar-refractivity contribution >= 4 is 17.8 Å². The average Bonchev–Trinajstić information content (AvgIpc) is 2.87. The monoisotopic (exact) mass is 370 g/mol. The first-order chi connectivity index (χ1) is 12.8. The highest BCUT2D eigenvalue weighted by molar-refractivity contribution is 6.09. The van der Waals surface area contributed by atoms with E-state index in [2.05, 4.69) is 15.6 Å². The molecule has 7 nitrogen and oxygen atoms in total. The molecule has 2 N–H and O–H groups in total. The SMILES string of the molecule is CC(NC(=O)CN1C(=O)NC(C)(c2ccc(F)cc2)C1=O)c1ccncc1. The largest absolute Gasteiger partial charge is 0.348 e. The standard InChI is InChI=1S/C19H19FN4O3/c1-12(13-7-9-21-10-8-13)22-16(25)11-24-17(26)19(2,23-18(24)27)14-3-5-15(20)6-4-14/h3-10,12H,11H2,1-2H3,(H,22,25)(H,23,27). The van der Waals surface area contributed by atoms with E-state index in [9.17, 15) is 18.8 Å². The van der Waals surface area contributed by atoms with Crippen LogP contribution < -0.4 is 10.6 Å². The quantitative estimate of drug-likeness (QED) is 0.786. The van der Waals surface area contributed by atoms with E-state index in [1.807, 2.05) is 0 Å². The van der Waals surface area contributed by atoms with Gasteiger partial charge in [0.25, 0.3) is 5.91 Å². The second-order valence-electron chi connectivity index (χ2n) is 6.52. The second kappa shape index (κ2) is 7.14. The number of hydrogen-bond donors (Lipinski definition) is 2. The highest BCUT2D eigenvalue weighted by Gasteiger charge is 2.49. The molecule has 4 amide bonds. The molecular weight excluding hydrogens is 351 g/mol. The van der Waals surface area contributed by atoms with Crippen LogP contribution in [0.2, 0.25) is 0 Å². The molecule has 0 aliphatic carbocycles. The Morgan fingerprint density at radius 3 is 2.48 bits per heavy atom. The van der Waals surface area contributed by atoms with Gasteiger partial charge >= 0.3 is 6.03 Å². The van der Waals surface area contributed by atoms with Gasteiger partial charge in [0.2, 0.25) is 5.91 Å². The molecule has 1 aliphatic heterocycles. The van der Waals surface area contributed by atoms with E-state index in [0.29, 0.717) is 5.56 Å². The Morgan fingerprint density at radius 1 is 1.22 bits per heavy atom. The van der Waals surface area contributed by atoms with Crippen LogP contribution in [-0.2, 0) is 15.1 Å². The van der Waals surface area contributed by atoms with Crippen LogP contribution in [0.3, 0.4) is 0 Å². The van der Waals surface area contributed by atoms with Crippen LogP contribution in [0.1, 0.15) is 31.0 Å². The summed E-state index contributed by atoms with van der Waals surface area (Å²) in [5, 5.41) is 5.33. The lowest BCUT2D eigenvalue weighted by molar-refractivity contribution is -0.135. The first-order valence-corrected chi connectivity index (χ1v) is 8.40. The third kappa shape index (κ3) is 3.64. The van der Waals surface area contributed by atoms with Gasteiger partial charge in [-0.25, -0.2) is 9.18 Å². The topological polar surface area (TPSA) is 91.4 Å². The first kappa shape index (κ1) is 18.5.